The van der Waals surface area contributed by atoms with E-state index < -0.39 is 0 Å². The summed E-state index contributed by atoms with van der Waals surface area (Å²) in [7, 11) is 0. The zero-order valence-electron chi connectivity index (χ0n) is 16.7. The van der Waals surface area contributed by atoms with Gasteiger partial charge < -0.3 is 5.32 Å². The van der Waals surface area contributed by atoms with Gasteiger partial charge in [-0.25, -0.2) is 4.98 Å². The first-order valence-electron chi connectivity index (χ1n) is 10.2. The third-order valence-corrected chi connectivity index (χ3v) is 5.59. The molecule has 0 saturated carbocycles. The Morgan fingerprint density at radius 2 is 1.50 bits per heavy atom. The number of halogens is 1. The predicted molar refractivity (Wildman–Crippen MR) is 121 cm³/mol. The summed E-state index contributed by atoms with van der Waals surface area (Å²) in [5.41, 5.74) is 2.59. The van der Waals surface area contributed by atoms with Crippen molar-refractivity contribution in [2.75, 3.05) is 38.0 Å². The lowest BCUT2D eigenvalue weighted by Crippen LogP contribution is -2.49. The second kappa shape index (κ2) is 9.85. The second-order valence-corrected chi connectivity index (χ2v) is 7.88. The molecule has 0 bridgehead atoms. The molecule has 1 N–H and O–H groups in total. The van der Waals surface area contributed by atoms with Crippen LogP contribution in [0.5, 0.6) is 0 Å². The Bertz CT molecular complexity index is 902. The number of anilines is 1. The van der Waals surface area contributed by atoms with Crippen molar-refractivity contribution in [2.24, 2.45) is 0 Å². The van der Waals surface area contributed by atoms with Gasteiger partial charge in [-0.2, -0.15) is 0 Å². The summed E-state index contributed by atoms with van der Waals surface area (Å²) in [4.78, 5) is 21.2. The van der Waals surface area contributed by atoms with Gasteiger partial charge in [-0.1, -0.05) is 72.3 Å². The average Bonchev–Trinajstić information content (AvgIpc) is 2.78. The lowest BCUT2D eigenvalue weighted by atomic mass is 9.96. The molecule has 1 aromatic heterocycles. The fraction of sp³-hybridized carbons (Fsp3) is 0.250. The molecule has 6 heteroatoms. The molecule has 1 amide bonds. The van der Waals surface area contributed by atoms with Crippen LogP contribution in [0, 0.1) is 0 Å². The zero-order valence-corrected chi connectivity index (χ0v) is 17.5. The monoisotopic (exact) mass is 420 g/mol. The summed E-state index contributed by atoms with van der Waals surface area (Å²) in [5.74, 6) is 0.470. The van der Waals surface area contributed by atoms with Crippen molar-refractivity contribution in [3.63, 3.8) is 0 Å². The number of hydrogen-bond acceptors (Lipinski definition) is 4. The number of piperazine rings is 1. The number of amides is 1. The number of rotatable bonds is 6. The lowest BCUT2D eigenvalue weighted by Gasteiger charge is -2.39. The zero-order chi connectivity index (χ0) is 20.8. The largest absolute Gasteiger partial charge is 0.310 e. The molecule has 5 nitrogen and oxygen atoms in total. The summed E-state index contributed by atoms with van der Waals surface area (Å²) in [6, 6.07) is 24.9. The molecule has 0 radical (unpaired) electrons. The Morgan fingerprint density at radius 1 is 0.900 bits per heavy atom. The maximum absolute atomic E-state index is 12.4. The van der Waals surface area contributed by atoms with Crippen LogP contribution in [0.15, 0.2) is 79.0 Å². The minimum atomic E-state index is -0.0547. The number of hydrogen-bond donors (Lipinski definition) is 1. The van der Waals surface area contributed by atoms with Gasteiger partial charge in [0.05, 0.1) is 17.6 Å². The van der Waals surface area contributed by atoms with E-state index in [1.165, 1.54) is 17.3 Å². The molecule has 2 heterocycles. The van der Waals surface area contributed by atoms with E-state index in [4.69, 9.17) is 11.6 Å². The smallest absolute Gasteiger partial charge is 0.239 e. The van der Waals surface area contributed by atoms with Gasteiger partial charge in [-0.05, 0) is 23.3 Å². The quantitative estimate of drug-likeness (QED) is 0.652. The fourth-order valence-corrected chi connectivity index (χ4v) is 4.01. The van der Waals surface area contributed by atoms with Crippen molar-refractivity contribution in [3.8, 4) is 0 Å². The van der Waals surface area contributed by atoms with Gasteiger partial charge in [-0.15, -0.1) is 0 Å². The number of carbonyl (C=O) groups excluding carboxylic acids is 1. The van der Waals surface area contributed by atoms with Crippen LogP contribution in [0.2, 0.25) is 5.02 Å². The van der Waals surface area contributed by atoms with Gasteiger partial charge >= 0.3 is 0 Å². The number of nitrogens with one attached hydrogen (secondary N) is 1. The molecule has 0 spiro atoms. The summed E-state index contributed by atoms with van der Waals surface area (Å²) >= 11 is 5.84. The van der Waals surface area contributed by atoms with Crippen molar-refractivity contribution < 1.29 is 4.79 Å². The number of nitrogens with zero attached hydrogens (tertiary/aromatic N) is 3. The topological polar surface area (TPSA) is 48.5 Å². The van der Waals surface area contributed by atoms with Crippen LogP contribution in [0.1, 0.15) is 17.2 Å². The Morgan fingerprint density at radius 3 is 2.03 bits per heavy atom. The summed E-state index contributed by atoms with van der Waals surface area (Å²) < 4.78 is 0. The van der Waals surface area contributed by atoms with Crippen LogP contribution in [0.3, 0.4) is 0 Å². The average molecular weight is 421 g/mol. The van der Waals surface area contributed by atoms with Crippen LogP contribution in [0.4, 0.5) is 5.82 Å². The molecule has 0 atom stereocenters. The van der Waals surface area contributed by atoms with Crippen molar-refractivity contribution in [1.29, 1.82) is 0 Å². The molecule has 1 aliphatic rings. The van der Waals surface area contributed by atoms with Crippen molar-refractivity contribution >= 4 is 23.3 Å². The van der Waals surface area contributed by atoms with Crippen LogP contribution in [0.25, 0.3) is 0 Å². The minimum Gasteiger partial charge on any atom is -0.310 e. The van der Waals surface area contributed by atoms with Gasteiger partial charge in [-0.3, -0.25) is 14.6 Å². The first-order valence-corrected chi connectivity index (χ1v) is 10.5. The van der Waals surface area contributed by atoms with Crippen LogP contribution in [-0.4, -0.2) is 53.4 Å². The second-order valence-electron chi connectivity index (χ2n) is 7.45. The third-order valence-electron chi connectivity index (χ3n) is 5.36. The van der Waals surface area contributed by atoms with Crippen molar-refractivity contribution in [2.45, 2.75) is 6.04 Å². The standard InChI is InChI=1S/C24H25ClN4O/c25-21-11-12-22(26-17-21)27-23(30)18-28-13-15-29(16-14-28)24(19-7-3-1-4-8-19)20-9-5-2-6-10-20/h1-12,17,24H,13-16,18H2,(H,26,27,30). The van der Waals surface area contributed by atoms with Crippen molar-refractivity contribution in [3.05, 3.63) is 95.1 Å². The van der Waals surface area contributed by atoms with E-state index in [9.17, 15) is 4.79 Å². The van der Waals surface area contributed by atoms with Crippen LogP contribution < -0.4 is 5.32 Å². The molecule has 0 unspecified atom stereocenters. The van der Waals surface area contributed by atoms with E-state index in [0.717, 1.165) is 26.2 Å². The highest BCUT2D eigenvalue weighted by atomic mass is 35.5. The Hall–Kier alpha value is -2.73. The number of carbonyl (C=O) groups is 1. The Balaban J connectivity index is 1.37. The van der Waals surface area contributed by atoms with Crippen molar-refractivity contribution in [1.82, 2.24) is 14.8 Å². The number of aromatic nitrogens is 1. The van der Waals surface area contributed by atoms with Gasteiger partial charge in [0.15, 0.2) is 0 Å². The molecule has 1 fully saturated rings. The SMILES string of the molecule is O=C(CN1CCN(C(c2ccccc2)c2ccccc2)CC1)Nc1ccc(Cl)cn1. The lowest BCUT2D eigenvalue weighted by molar-refractivity contribution is -0.117. The first-order chi connectivity index (χ1) is 14.7. The molecule has 0 aliphatic carbocycles. The van der Waals surface area contributed by atoms with Crippen LogP contribution in [-0.2, 0) is 4.79 Å². The number of benzene rings is 2. The Labute approximate surface area is 182 Å². The summed E-state index contributed by atoms with van der Waals surface area (Å²) in [6.45, 7) is 3.86. The van der Waals surface area contributed by atoms with E-state index >= 15 is 0 Å². The molecule has 1 saturated heterocycles. The van der Waals surface area contributed by atoms with E-state index in [0.29, 0.717) is 17.4 Å². The van der Waals surface area contributed by atoms with Crippen LogP contribution >= 0.6 is 11.6 Å². The molecule has 30 heavy (non-hydrogen) atoms. The third kappa shape index (κ3) is 5.25. The highest BCUT2D eigenvalue weighted by Gasteiger charge is 2.27. The molecule has 2 aromatic carbocycles. The first kappa shape index (κ1) is 20.5. The van der Waals surface area contributed by atoms with Gasteiger partial charge in [0.25, 0.3) is 0 Å². The molecule has 4 rings (SSSR count). The molecular formula is C24H25ClN4O. The summed E-state index contributed by atoms with van der Waals surface area (Å²) in [5, 5.41) is 3.39. The Kier molecular flexibility index (Phi) is 6.74. The highest BCUT2D eigenvalue weighted by molar-refractivity contribution is 6.30. The maximum Gasteiger partial charge on any atom is 0.239 e. The van der Waals surface area contributed by atoms with Gasteiger partial charge in [0.1, 0.15) is 5.82 Å². The fourth-order valence-electron chi connectivity index (χ4n) is 3.90. The van der Waals surface area contributed by atoms with Gasteiger partial charge in [0, 0.05) is 32.4 Å². The van der Waals surface area contributed by atoms with E-state index in [2.05, 4.69) is 80.8 Å². The molecule has 1 aliphatic heterocycles. The molecule has 3 aromatic rings. The predicted octanol–water partition coefficient (Wildman–Crippen LogP) is 4.08. The molecular weight excluding hydrogens is 396 g/mol. The van der Waals surface area contributed by atoms with E-state index in [1.54, 1.807) is 12.1 Å². The van der Waals surface area contributed by atoms with E-state index in [1.807, 2.05) is 0 Å². The normalized spacial score (nSPS) is 15.3. The minimum absolute atomic E-state index is 0.0547. The number of pyridine rings is 1. The summed E-state index contributed by atoms with van der Waals surface area (Å²) in [6.07, 6.45) is 1.53. The maximum atomic E-state index is 12.4. The van der Waals surface area contributed by atoms with E-state index in [-0.39, 0.29) is 11.9 Å². The molecule has 154 valence electrons. The highest BCUT2D eigenvalue weighted by Crippen LogP contribution is 2.29. The van der Waals surface area contributed by atoms with Gasteiger partial charge in [0.2, 0.25) is 5.91 Å².